The molecule has 0 spiro atoms. The number of H-pyrrole nitrogens is 1. The minimum absolute atomic E-state index is 0.0376. The Kier molecular flexibility index (Phi) is 3.59. The van der Waals surface area contributed by atoms with Gasteiger partial charge in [-0.1, -0.05) is 15.9 Å². The minimum Gasteiger partial charge on any atom is -0.375 e. The highest BCUT2D eigenvalue weighted by molar-refractivity contribution is 9.10. The zero-order valence-corrected chi connectivity index (χ0v) is 12.9. The Hall–Kier alpha value is -1.65. The maximum Gasteiger partial charge on any atom is 0.0969 e. The Morgan fingerprint density at radius 2 is 2.10 bits per heavy atom. The standard InChI is InChI=1S/C16H15BrN2O/c1-10(20-2)16-13(4-3-7-18-16)15-9-11-8-12(17)5-6-14(11)19-15/h3-10,19H,1-2H3. The number of pyridine rings is 1. The number of aromatic amines is 1. The first-order valence-corrected chi connectivity index (χ1v) is 7.24. The largest absolute Gasteiger partial charge is 0.375 e. The minimum atomic E-state index is -0.0376. The van der Waals surface area contributed by atoms with E-state index in [0.717, 1.165) is 26.9 Å². The fraction of sp³-hybridized carbons (Fsp3) is 0.188. The molecule has 1 unspecified atom stereocenters. The number of nitrogens with zero attached hydrogens (tertiary/aromatic N) is 1. The van der Waals surface area contributed by atoms with E-state index in [1.54, 1.807) is 13.3 Å². The van der Waals surface area contributed by atoms with Crippen LogP contribution in [0.4, 0.5) is 0 Å². The molecular weight excluding hydrogens is 316 g/mol. The van der Waals surface area contributed by atoms with Crippen molar-refractivity contribution in [3.8, 4) is 11.3 Å². The van der Waals surface area contributed by atoms with Crippen molar-refractivity contribution in [2.75, 3.05) is 7.11 Å². The van der Waals surface area contributed by atoms with Crippen molar-refractivity contribution in [3.63, 3.8) is 0 Å². The third-order valence-electron chi connectivity index (χ3n) is 3.45. The fourth-order valence-corrected chi connectivity index (χ4v) is 2.71. The number of nitrogens with one attached hydrogen (secondary N) is 1. The van der Waals surface area contributed by atoms with Gasteiger partial charge in [-0.05, 0) is 43.3 Å². The zero-order valence-electron chi connectivity index (χ0n) is 11.4. The summed E-state index contributed by atoms with van der Waals surface area (Å²) in [5, 5.41) is 1.18. The summed E-state index contributed by atoms with van der Waals surface area (Å²) in [4.78, 5) is 7.90. The molecule has 1 N–H and O–H groups in total. The van der Waals surface area contributed by atoms with Crippen molar-refractivity contribution in [2.45, 2.75) is 13.0 Å². The molecule has 3 rings (SSSR count). The van der Waals surface area contributed by atoms with E-state index in [4.69, 9.17) is 4.74 Å². The molecule has 0 aliphatic carbocycles. The number of halogens is 1. The molecule has 0 bridgehead atoms. The normalized spacial score (nSPS) is 12.8. The van der Waals surface area contributed by atoms with Gasteiger partial charge in [-0.25, -0.2) is 0 Å². The molecule has 0 fully saturated rings. The fourth-order valence-electron chi connectivity index (χ4n) is 2.33. The molecule has 20 heavy (non-hydrogen) atoms. The molecule has 2 heterocycles. The Balaban J connectivity index is 2.15. The van der Waals surface area contributed by atoms with Gasteiger partial charge < -0.3 is 9.72 Å². The topological polar surface area (TPSA) is 37.9 Å². The summed E-state index contributed by atoms with van der Waals surface area (Å²) in [5.41, 5.74) is 4.20. The van der Waals surface area contributed by atoms with Crippen LogP contribution in [0.3, 0.4) is 0 Å². The molecule has 0 aliphatic heterocycles. The number of ether oxygens (including phenoxy) is 1. The SMILES string of the molecule is COC(C)c1ncccc1-c1cc2cc(Br)ccc2[nH]1. The van der Waals surface area contributed by atoms with Crippen LogP contribution in [0.25, 0.3) is 22.2 Å². The molecule has 4 heteroatoms. The van der Waals surface area contributed by atoms with Crippen LogP contribution in [0.5, 0.6) is 0 Å². The maximum atomic E-state index is 5.41. The smallest absolute Gasteiger partial charge is 0.0969 e. The van der Waals surface area contributed by atoms with E-state index < -0.39 is 0 Å². The second-order valence-electron chi connectivity index (χ2n) is 4.73. The molecule has 3 aromatic rings. The van der Waals surface area contributed by atoms with E-state index in [-0.39, 0.29) is 6.10 Å². The summed E-state index contributed by atoms with van der Waals surface area (Å²) >= 11 is 3.50. The number of fused-ring (bicyclic) bond motifs is 1. The average molecular weight is 331 g/mol. The molecular formula is C16H15BrN2O. The van der Waals surface area contributed by atoms with Gasteiger partial charge in [0.05, 0.1) is 11.8 Å². The average Bonchev–Trinajstić information content (AvgIpc) is 2.89. The third kappa shape index (κ3) is 2.37. The predicted molar refractivity (Wildman–Crippen MR) is 84.7 cm³/mol. The number of benzene rings is 1. The van der Waals surface area contributed by atoms with Crippen LogP contribution >= 0.6 is 15.9 Å². The highest BCUT2D eigenvalue weighted by Crippen LogP contribution is 2.30. The van der Waals surface area contributed by atoms with E-state index >= 15 is 0 Å². The highest BCUT2D eigenvalue weighted by Gasteiger charge is 2.14. The monoisotopic (exact) mass is 330 g/mol. The second-order valence-corrected chi connectivity index (χ2v) is 5.64. The van der Waals surface area contributed by atoms with Crippen molar-refractivity contribution in [2.24, 2.45) is 0 Å². The lowest BCUT2D eigenvalue weighted by atomic mass is 10.1. The van der Waals surface area contributed by atoms with E-state index in [1.807, 2.05) is 19.1 Å². The first kappa shape index (κ1) is 13.3. The van der Waals surface area contributed by atoms with E-state index in [9.17, 15) is 0 Å². The Morgan fingerprint density at radius 1 is 1.25 bits per heavy atom. The van der Waals surface area contributed by atoms with Crippen LogP contribution in [-0.2, 0) is 4.74 Å². The predicted octanol–water partition coefficient (Wildman–Crippen LogP) is 4.70. The number of methoxy groups -OCH3 is 1. The summed E-state index contributed by atoms with van der Waals surface area (Å²) in [6.45, 7) is 2.01. The van der Waals surface area contributed by atoms with Crippen molar-refractivity contribution in [3.05, 3.63) is 52.8 Å². The van der Waals surface area contributed by atoms with Gasteiger partial charge in [-0.15, -0.1) is 0 Å². The molecule has 0 aliphatic rings. The molecule has 3 nitrogen and oxygen atoms in total. The van der Waals surface area contributed by atoms with Gasteiger partial charge in [0, 0.05) is 39.9 Å². The number of aromatic nitrogens is 2. The van der Waals surface area contributed by atoms with Gasteiger partial charge in [0.1, 0.15) is 0 Å². The van der Waals surface area contributed by atoms with Crippen molar-refractivity contribution < 1.29 is 4.74 Å². The number of hydrogen-bond acceptors (Lipinski definition) is 2. The molecule has 0 saturated heterocycles. The van der Waals surface area contributed by atoms with Crippen LogP contribution in [-0.4, -0.2) is 17.1 Å². The van der Waals surface area contributed by atoms with Gasteiger partial charge in [0.15, 0.2) is 0 Å². The lowest BCUT2D eigenvalue weighted by molar-refractivity contribution is 0.116. The quantitative estimate of drug-likeness (QED) is 0.755. The highest BCUT2D eigenvalue weighted by atomic mass is 79.9. The second kappa shape index (κ2) is 5.38. The first-order valence-electron chi connectivity index (χ1n) is 6.45. The first-order chi connectivity index (χ1) is 9.69. The molecule has 1 atom stereocenters. The zero-order chi connectivity index (χ0) is 14.1. The Bertz CT molecular complexity index is 751. The van der Waals surface area contributed by atoms with Crippen LogP contribution < -0.4 is 0 Å². The molecule has 0 amide bonds. The van der Waals surface area contributed by atoms with Crippen LogP contribution in [0.1, 0.15) is 18.7 Å². The molecule has 0 saturated carbocycles. The third-order valence-corrected chi connectivity index (χ3v) is 3.94. The van der Waals surface area contributed by atoms with Gasteiger partial charge in [0.25, 0.3) is 0 Å². The van der Waals surface area contributed by atoms with Gasteiger partial charge in [-0.3, -0.25) is 4.98 Å². The lowest BCUT2D eigenvalue weighted by Crippen LogP contribution is -2.01. The van der Waals surface area contributed by atoms with Gasteiger partial charge in [0.2, 0.25) is 0 Å². The van der Waals surface area contributed by atoms with Crippen LogP contribution in [0.2, 0.25) is 0 Å². The number of hydrogen-bond donors (Lipinski definition) is 1. The Morgan fingerprint density at radius 3 is 2.90 bits per heavy atom. The summed E-state index contributed by atoms with van der Waals surface area (Å²) in [6, 6.07) is 12.4. The van der Waals surface area contributed by atoms with E-state index in [1.165, 1.54) is 5.39 Å². The van der Waals surface area contributed by atoms with Crippen molar-refractivity contribution in [1.29, 1.82) is 0 Å². The molecule has 0 radical (unpaired) electrons. The molecule has 2 aromatic heterocycles. The summed E-state index contributed by atoms with van der Waals surface area (Å²) in [7, 11) is 1.70. The van der Waals surface area contributed by atoms with Crippen molar-refractivity contribution >= 4 is 26.8 Å². The lowest BCUT2D eigenvalue weighted by Gasteiger charge is -2.12. The van der Waals surface area contributed by atoms with Crippen molar-refractivity contribution in [1.82, 2.24) is 9.97 Å². The van der Waals surface area contributed by atoms with Crippen LogP contribution in [0, 0.1) is 0 Å². The Labute approximate surface area is 126 Å². The summed E-state index contributed by atoms with van der Waals surface area (Å²) in [5.74, 6) is 0. The maximum absolute atomic E-state index is 5.41. The molecule has 102 valence electrons. The van der Waals surface area contributed by atoms with Gasteiger partial charge in [-0.2, -0.15) is 0 Å². The van der Waals surface area contributed by atoms with E-state index in [2.05, 4.69) is 50.2 Å². The van der Waals surface area contributed by atoms with Crippen LogP contribution in [0.15, 0.2) is 47.1 Å². The van der Waals surface area contributed by atoms with Gasteiger partial charge >= 0.3 is 0 Å². The summed E-state index contributed by atoms with van der Waals surface area (Å²) < 4.78 is 6.48. The van der Waals surface area contributed by atoms with E-state index in [0.29, 0.717) is 0 Å². The molecule has 1 aromatic carbocycles. The number of rotatable bonds is 3. The summed E-state index contributed by atoms with van der Waals surface area (Å²) in [6.07, 6.45) is 1.76.